The summed E-state index contributed by atoms with van der Waals surface area (Å²) in [4.78, 5) is 12.2. The number of thiophene rings is 1. The molecule has 4 nitrogen and oxygen atoms in total. The van der Waals surface area contributed by atoms with E-state index in [1.54, 1.807) is 24.3 Å². The number of carbonyl (C=O) groups is 1. The van der Waals surface area contributed by atoms with Gasteiger partial charge in [-0.2, -0.15) is 0 Å². The van der Waals surface area contributed by atoms with E-state index in [2.05, 4.69) is 0 Å². The van der Waals surface area contributed by atoms with E-state index >= 15 is 0 Å². The fourth-order valence-electron chi connectivity index (χ4n) is 2.69. The quantitative estimate of drug-likeness (QED) is 0.604. The second kappa shape index (κ2) is 6.77. The first-order valence-electron chi connectivity index (χ1n) is 7.62. The predicted molar refractivity (Wildman–Crippen MR) is 99.2 cm³/mol. The molecule has 0 saturated heterocycles. The third-order valence-corrected chi connectivity index (χ3v) is 6.29. The molecule has 3 rings (SSSR count). The first-order chi connectivity index (χ1) is 12.2. The van der Waals surface area contributed by atoms with Crippen LogP contribution in [0, 0.1) is 11.6 Å². The van der Waals surface area contributed by atoms with Gasteiger partial charge in [0.1, 0.15) is 5.00 Å². The minimum Gasteiger partial charge on any atom is -0.294 e. The number of fused-ring (bicyclic) bond motifs is 1. The zero-order chi connectivity index (χ0) is 19.1. The van der Waals surface area contributed by atoms with Crippen molar-refractivity contribution in [2.75, 3.05) is 10.6 Å². The lowest BCUT2D eigenvalue weighted by Crippen LogP contribution is -2.29. The van der Waals surface area contributed by atoms with Gasteiger partial charge < -0.3 is 0 Å². The van der Waals surface area contributed by atoms with Crippen LogP contribution < -0.4 is 4.31 Å². The standard InChI is InChI=1S/C18H15F2NO3S2/c1-11(22)17-13-5-3-4-6-16(13)25-18(17)21(26(2,23)24)10-12-7-8-14(19)15(20)9-12/h3-9H,10H2,1-2H3. The monoisotopic (exact) mass is 395 g/mol. The van der Waals surface area contributed by atoms with Gasteiger partial charge in [0.15, 0.2) is 17.4 Å². The topological polar surface area (TPSA) is 54.5 Å². The second-order valence-corrected chi connectivity index (χ2v) is 8.79. The molecule has 8 heteroatoms. The molecule has 0 aliphatic carbocycles. The van der Waals surface area contributed by atoms with E-state index in [1.807, 2.05) is 0 Å². The van der Waals surface area contributed by atoms with Gasteiger partial charge in [-0.25, -0.2) is 17.2 Å². The van der Waals surface area contributed by atoms with Crippen molar-refractivity contribution in [2.24, 2.45) is 0 Å². The normalized spacial score (nSPS) is 11.7. The molecule has 0 aliphatic heterocycles. The highest BCUT2D eigenvalue weighted by Crippen LogP contribution is 2.40. The maximum Gasteiger partial charge on any atom is 0.233 e. The lowest BCUT2D eigenvalue weighted by molar-refractivity contribution is 0.102. The fraction of sp³-hybridized carbons (Fsp3) is 0.167. The van der Waals surface area contributed by atoms with Gasteiger partial charge in [0.25, 0.3) is 0 Å². The van der Waals surface area contributed by atoms with Gasteiger partial charge in [0.2, 0.25) is 10.0 Å². The van der Waals surface area contributed by atoms with Crippen LogP contribution in [0.4, 0.5) is 13.8 Å². The van der Waals surface area contributed by atoms with Gasteiger partial charge >= 0.3 is 0 Å². The van der Waals surface area contributed by atoms with Crippen LogP contribution in [-0.2, 0) is 16.6 Å². The van der Waals surface area contributed by atoms with Gasteiger partial charge in [-0.3, -0.25) is 9.10 Å². The number of anilines is 1. The Morgan fingerprint density at radius 3 is 2.42 bits per heavy atom. The Morgan fingerprint density at radius 1 is 1.12 bits per heavy atom. The van der Waals surface area contributed by atoms with Crippen LogP contribution >= 0.6 is 11.3 Å². The van der Waals surface area contributed by atoms with Crippen LogP contribution in [0.2, 0.25) is 0 Å². The van der Waals surface area contributed by atoms with Crippen molar-refractivity contribution in [1.29, 1.82) is 0 Å². The van der Waals surface area contributed by atoms with Crippen molar-refractivity contribution in [1.82, 2.24) is 0 Å². The van der Waals surface area contributed by atoms with Crippen molar-refractivity contribution in [3.63, 3.8) is 0 Å². The summed E-state index contributed by atoms with van der Waals surface area (Å²) in [5, 5.41) is 0.935. The molecule has 0 saturated carbocycles. The van der Waals surface area contributed by atoms with E-state index in [9.17, 15) is 22.0 Å². The highest BCUT2D eigenvalue weighted by Gasteiger charge is 2.27. The molecule has 0 spiro atoms. The molecule has 0 bridgehead atoms. The molecule has 2 aromatic carbocycles. The SMILES string of the molecule is CC(=O)c1c(N(Cc2ccc(F)c(F)c2)S(C)(=O)=O)sc2ccccc12. The smallest absolute Gasteiger partial charge is 0.233 e. The molecule has 0 unspecified atom stereocenters. The van der Waals surface area contributed by atoms with Crippen molar-refractivity contribution in [3.8, 4) is 0 Å². The second-order valence-electron chi connectivity index (χ2n) is 5.85. The zero-order valence-corrected chi connectivity index (χ0v) is 15.6. The summed E-state index contributed by atoms with van der Waals surface area (Å²) in [6.45, 7) is 1.17. The summed E-state index contributed by atoms with van der Waals surface area (Å²) in [7, 11) is -3.77. The van der Waals surface area contributed by atoms with Gasteiger partial charge in [-0.05, 0) is 30.7 Å². The molecule has 0 fully saturated rings. The molecule has 136 valence electrons. The molecule has 0 N–H and O–H groups in total. The number of benzene rings is 2. The van der Waals surface area contributed by atoms with E-state index in [4.69, 9.17) is 0 Å². The molecule has 1 aromatic heterocycles. The van der Waals surface area contributed by atoms with Crippen LogP contribution in [0.1, 0.15) is 22.8 Å². The van der Waals surface area contributed by atoms with Gasteiger partial charge in [0, 0.05) is 10.1 Å². The number of sulfonamides is 1. The largest absolute Gasteiger partial charge is 0.294 e. The summed E-state index contributed by atoms with van der Waals surface area (Å²) in [6, 6.07) is 10.3. The summed E-state index contributed by atoms with van der Waals surface area (Å²) in [5.41, 5.74) is 0.583. The Balaban J connectivity index is 2.18. The Bertz CT molecular complexity index is 1110. The molecular weight excluding hydrogens is 380 g/mol. The number of Topliss-reactive ketones (excluding diaryl/α,β-unsaturated/α-hetero) is 1. The maximum atomic E-state index is 13.5. The Labute approximate surface area is 153 Å². The first-order valence-corrected chi connectivity index (χ1v) is 10.3. The van der Waals surface area contributed by atoms with E-state index in [0.29, 0.717) is 10.9 Å². The average molecular weight is 395 g/mol. The third-order valence-electron chi connectivity index (χ3n) is 3.87. The number of hydrogen-bond donors (Lipinski definition) is 0. The van der Waals surface area contributed by atoms with Crippen LogP contribution in [-0.4, -0.2) is 20.5 Å². The van der Waals surface area contributed by atoms with Gasteiger partial charge in [-0.15, -0.1) is 11.3 Å². The molecular formula is C18H15F2NO3S2. The summed E-state index contributed by atoms with van der Waals surface area (Å²) < 4.78 is 53.3. The van der Waals surface area contributed by atoms with Gasteiger partial charge in [0.05, 0.1) is 18.4 Å². The highest BCUT2D eigenvalue weighted by atomic mass is 32.2. The molecule has 26 heavy (non-hydrogen) atoms. The fourth-order valence-corrected chi connectivity index (χ4v) is 5.14. The first kappa shape index (κ1) is 18.5. The average Bonchev–Trinajstić information content (AvgIpc) is 2.93. The van der Waals surface area contributed by atoms with E-state index < -0.39 is 21.7 Å². The summed E-state index contributed by atoms with van der Waals surface area (Å²) in [6.07, 6.45) is 1.02. The summed E-state index contributed by atoms with van der Waals surface area (Å²) in [5.74, 6) is -2.33. The Kier molecular flexibility index (Phi) is 4.81. The number of nitrogens with zero attached hydrogens (tertiary/aromatic N) is 1. The molecule has 0 atom stereocenters. The van der Waals surface area contributed by atoms with Crippen molar-refractivity contribution < 1.29 is 22.0 Å². The zero-order valence-electron chi connectivity index (χ0n) is 14.0. The minimum atomic E-state index is -3.77. The van der Waals surface area contributed by atoms with E-state index in [-0.39, 0.29) is 22.9 Å². The predicted octanol–water partition coefficient (Wildman–Crippen LogP) is 4.35. The number of carbonyl (C=O) groups excluding carboxylic acids is 1. The van der Waals surface area contributed by atoms with E-state index in [1.165, 1.54) is 24.3 Å². The molecule has 3 aromatic rings. The van der Waals surface area contributed by atoms with Crippen LogP contribution in [0.3, 0.4) is 0 Å². The minimum absolute atomic E-state index is 0.205. The van der Waals surface area contributed by atoms with Crippen LogP contribution in [0.5, 0.6) is 0 Å². The molecule has 0 radical (unpaired) electrons. The van der Waals surface area contributed by atoms with Gasteiger partial charge in [-0.1, -0.05) is 24.3 Å². The maximum absolute atomic E-state index is 13.5. The third kappa shape index (κ3) is 3.47. The van der Waals surface area contributed by atoms with Crippen molar-refractivity contribution >= 4 is 42.2 Å². The van der Waals surface area contributed by atoms with Crippen molar-refractivity contribution in [3.05, 3.63) is 65.2 Å². The molecule has 0 aliphatic rings. The van der Waals surface area contributed by atoms with E-state index in [0.717, 1.165) is 27.4 Å². The summed E-state index contributed by atoms with van der Waals surface area (Å²) >= 11 is 1.17. The molecule has 0 amide bonds. The van der Waals surface area contributed by atoms with Crippen LogP contribution in [0.15, 0.2) is 42.5 Å². The number of ketones is 1. The Morgan fingerprint density at radius 2 is 1.81 bits per heavy atom. The number of rotatable bonds is 5. The number of hydrogen-bond acceptors (Lipinski definition) is 4. The number of halogens is 2. The lowest BCUT2D eigenvalue weighted by Gasteiger charge is -2.22. The molecule has 1 heterocycles. The lowest BCUT2D eigenvalue weighted by atomic mass is 10.1. The Hall–Kier alpha value is -2.32. The highest BCUT2D eigenvalue weighted by molar-refractivity contribution is 7.92. The van der Waals surface area contributed by atoms with Crippen LogP contribution in [0.25, 0.3) is 10.1 Å². The van der Waals surface area contributed by atoms with Crippen molar-refractivity contribution in [2.45, 2.75) is 13.5 Å².